The molecule has 20 heavy (non-hydrogen) atoms. The van der Waals surface area contributed by atoms with Gasteiger partial charge in [0.15, 0.2) is 5.82 Å². The van der Waals surface area contributed by atoms with Gasteiger partial charge < -0.3 is 15.2 Å². The molecule has 1 aliphatic rings. The molecule has 0 radical (unpaired) electrons. The number of aromatic nitrogens is 2. The molecule has 1 aliphatic carbocycles. The lowest BCUT2D eigenvalue weighted by Gasteiger charge is -2.30. The Labute approximate surface area is 133 Å². The zero-order valence-electron chi connectivity index (χ0n) is 12.1. The van der Waals surface area contributed by atoms with E-state index in [2.05, 4.69) is 32.6 Å². The van der Waals surface area contributed by atoms with E-state index < -0.39 is 5.60 Å². The molecule has 5 nitrogen and oxygen atoms in total. The van der Waals surface area contributed by atoms with Crippen LogP contribution in [0.25, 0.3) is 0 Å². The third-order valence-electron chi connectivity index (χ3n) is 3.94. The molecule has 1 heterocycles. The quantitative estimate of drug-likeness (QED) is 0.631. The Morgan fingerprint density at radius 3 is 2.35 bits per heavy atom. The first kappa shape index (κ1) is 15.9. The SMILES string of the molecule is COCc1nc(C2(OC)CCCCCC2)nc(N)c1I. The van der Waals surface area contributed by atoms with Crippen LogP contribution < -0.4 is 5.73 Å². The fourth-order valence-electron chi connectivity index (χ4n) is 2.77. The standard InChI is InChI=1S/C14H22IN3O2/c1-19-9-10-11(15)12(16)18-13(17-10)14(20-2)7-5-3-4-6-8-14/h3-9H2,1-2H3,(H2,16,17,18). The topological polar surface area (TPSA) is 70.3 Å². The van der Waals surface area contributed by atoms with E-state index in [1.54, 1.807) is 14.2 Å². The van der Waals surface area contributed by atoms with Crippen LogP contribution >= 0.6 is 22.6 Å². The molecular weight excluding hydrogens is 369 g/mol. The molecule has 0 spiro atoms. The Morgan fingerprint density at radius 2 is 1.80 bits per heavy atom. The molecule has 0 atom stereocenters. The second kappa shape index (κ2) is 7.00. The first-order chi connectivity index (χ1) is 9.63. The molecule has 0 bridgehead atoms. The highest BCUT2D eigenvalue weighted by molar-refractivity contribution is 14.1. The van der Waals surface area contributed by atoms with E-state index in [4.69, 9.17) is 15.2 Å². The molecule has 0 saturated heterocycles. The van der Waals surface area contributed by atoms with Crippen LogP contribution in [0.3, 0.4) is 0 Å². The minimum atomic E-state index is -0.391. The van der Waals surface area contributed by atoms with Gasteiger partial charge in [0.25, 0.3) is 0 Å². The van der Waals surface area contributed by atoms with Crippen LogP contribution in [0.5, 0.6) is 0 Å². The Bertz CT molecular complexity index is 460. The van der Waals surface area contributed by atoms with Crippen LogP contribution in [0, 0.1) is 3.57 Å². The van der Waals surface area contributed by atoms with Crippen molar-refractivity contribution < 1.29 is 9.47 Å². The van der Waals surface area contributed by atoms with Gasteiger partial charge in [0, 0.05) is 14.2 Å². The monoisotopic (exact) mass is 391 g/mol. The normalized spacial score (nSPS) is 18.8. The van der Waals surface area contributed by atoms with Crippen molar-refractivity contribution in [3.05, 3.63) is 15.1 Å². The molecule has 1 saturated carbocycles. The summed E-state index contributed by atoms with van der Waals surface area (Å²) >= 11 is 2.17. The van der Waals surface area contributed by atoms with Crippen molar-refractivity contribution in [2.75, 3.05) is 20.0 Å². The highest BCUT2D eigenvalue weighted by Crippen LogP contribution is 2.38. The summed E-state index contributed by atoms with van der Waals surface area (Å²) in [4.78, 5) is 9.19. The van der Waals surface area contributed by atoms with Gasteiger partial charge >= 0.3 is 0 Å². The van der Waals surface area contributed by atoms with E-state index in [1.165, 1.54) is 12.8 Å². The highest BCUT2D eigenvalue weighted by atomic mass is 127. The summed E-state index contributed by atoms with van der Waals surface area (Å²) in [6.07, 6.45) is 6.68. The van der Waals surface area contributed by atoms with Gasteiger partial charge in [0.2, 0.25) is 0 Å². The van der Waals surface area contributed by atoms with Gasteiger partial charge in [-0.25, -0.2) is 9.97 Å². The van der Waals surface area contributed by atoms with E-state index >= 15 is 0 Å². The molecule has 0 amide bonds. The molecule has 6 heteroatoms. The van der Waals surface area contributed by atoms with Gasteiger partial charge in [-0.3, -0.25) is 0 Å². The predicted molar refractivity (Wildman–Crippen MR) is 86.3 cm³/mol. The number of hydrogen-bond acceptors (Lipinski definition) is 5. The van der Waals surface area contributed by atoms with E-state index in [-0.39, 0.29) is 0 Å². The minimum Gasteiger partial charge on any atom is -0.383 e. The molecule has 2 rings (SSSR count). The number of nitrogen functional groups attached to an aromatic ring is 1. The summed E-state index contributed by atoms with van der Waals surface area (Å²) in [7, 11) is 3.41. The van der Waals surface area contributed by atoms with E-state index in [9.17, 15) is 0 Å². The molecule has 0 aliphatic heterocycles. The number of anilines is 1. The first-order valence-corrected chi connectivity index (χ1v) is 8.07. The number of nitrogens with two attached hydrogens (primary N) is 1. The summed E-state index contributed by atoms with van der Waals surface area (Å²) in [5.41, 5.74) is 6.49. The fraction of sp³-hybridized carbons (Fsp3) is 0.714. The fourth-order valence-corrected chi connectivity index (χ4v) is 3.16. The summed E-state index contributed by atoms with van der Waals surface area (Å²) in [5, 5.41) is 0. The Morgan fingerprint density at radius 1 is 1.15 bits per heavy atom. The van der Waals surface area contributed by atoms with Crippen molar-refractivity contribution in [3.8, 4) is 0 Å². The Kier molecular flexibility index (Phi) is 5.57. The van der Waals surface area contributed by atoms with Crippen LogP contribution in [0.1, 0.15) is 50.0 Å². The van der Waals surface area contributed by atoms with E-state index in [0.29, 0.717) is 18.2 Å². The van der Waals surface area contributed by atoms with Crippen LogP contribution in [0.4, 0.5) is 5.82 Å². The average Bonchev–Trinajstić information content (AvgIpc) is 2.70. The summed E-state index contributed by atoms with van der Waals surface area (Å²) in [5.74, 6) is 1.23. The Hall–Kier alpha value is -0.470. The van der Waals surface area contributed by atoms with Gasteiger partial charge in [-0.2, -0.15) is 0 Å². The lowest BCUT2D eigenvalue weighted by Crippen LogP contribution is -2.31. The number of halogens is 1. The summed E-state index contributed by atoms with van der Waals surface area (Å²) in [6.45, 7) is 0.442. The largest absolute Gasteiger partial charge is 0.383 e. The number of nitrogens with zero attached hydrogens (tertiary/aromatic N) is 2. The molecule has 0 unspecified atom stereocenters. The third kappa shape index (κ3) is 3.23. The molecular formula is C14H22IN3O2. The smallest absolute Gasteiger partial charge is 0.163 e. The van der Waals surface area contributed by atoms with Gasteiger partial charge in [-0.15, -0.1) is 0 Å². The summed E-state index contributed by atoms with van der Waals surface area (Å²) < 4.78 is 11.9. The van der Waals surface area contributed by atoms with Crippen LogP contribution in [0.2, 0.25) is 0 Å². The second-order valence-corrected chi connectivity index (χ2v) is 6.32. The van der Waals surface area contributed by atoms with Gasteiger partial charge in [-0.05, 0) is 35.4 Å². The molecule has 2 N–H and O–H groups in total. The molecule has 0 aromatic carbocycles. The zero-order valence-corrected chi connectivity index (χ0v) is 14.3. The van der Waals surface area contributed by atoms with Crippen molar-refractivity contribution in [2.24, 2.45) is 0 Å². The maximum atomic E-state index is 6.04. The predicted octanol–water partition coefficient (Wildman–Crippen LogP) is 3.01. The van der Waals surface area contributed by atoms with Crippen LogP contribution in [0.15, 0.2) is 0 Å². The highest BCUT2D eigenvalue weighted by Gasteiger charge is 2.36. The van der Waals surface area contributed by atoms with Crippen molar-refractivity contribution in [3.63, 3.8) is 0 Å². The number of methoxy groups -OCH3 is 2. The van der Waals surface area contributed by atoms with Gasteiger partial charge in [-0.1, -0.05) is 25.7 Å². The van der Waals surface area contributed by atoms with Crippen molar-refractivity contribution in [1.29, 1.82) is 0 Å². The van der Waals surface area contributed by atoms with E-state index in [0.717, 1.165) is 34.9 Å². The minimum absolute atomic E-state index is 0.391. The maximum absolute atomic E-state index is 6.04. The lowest BCUT2D eigenvalue weighted by atomic mass is 9.93. The molecule has 1 fully saturated rings. The van der Waals surface area contributed by atoms with Gasteiger partial charge in [0.05, 0.1) is 15.9 Å². The molecule has 1 aromatic rings. The third-order valence-corrected chi connectivity index (χ3v) is 5.11. The van der Waals surface area contributed by atoms with Crippen LogP contribution in [-0.4, -0.2) is 24.2 Å². The van der Waals surface area contributed by atoms with Crippen molar-refractivity contribution >= 4 is 28.4 Å². The number of rotatable bonds is 4. The van der Waals surface area contributed by atoms with Crippen molar-refractivity contribution in [2.45, 2.75) is 50.7 Å². The zero-order chi connectivity index (χ0) is 14.6. The second-order valence-electron chi connectivity index (χ2n) is 5.24. The summed E-state index contributed by atoms with van der Waals surface area (Å²) in [6, 6.07) is 0. The number of ether oxygens (including phenoxy) is 2. The van der Waals surface area contributed by atoms with Crippen molar-refractivity contribution in [1.82, 2.24) is 9.97 Å². The van der Waals surface area contributed by atoms with E-state index in [1.807, 2.05) is 0 Å². The van der Waals surface area contributed by atoms with Gasteiger partial charge in [0.1, 0.15) is 11.4 Å². The Balaban J connectivity index is 2.43. The molecule has 1 aromatic heterocycles. The first-order valence-electron chi connectivity index (χ1n) is 6.99. The number of hydrogen-bond donors (Lipinski definition) is 1. The molecule has 112 valence electrons. The average molecular weight is 391 g/mol. The maximum Gasteiger partial charge on any atom is 0.163 e. The van der Waals surface area contributed by atoms with Crippen LogP contribution in [-0.2, 0) is 21.7 Å². The lowest BCUT2D eigenvalue weighted by molar-refractivity contribution is -0.0354.